The number of carbonyl (C=O) groups is 1. The molecule has 1 rings (SSSR count). The minimum Gasteiger partial charge on any atom is -0.350 e. The van der Waals surface area contributed by atoms with Gasteiger partial charge in [0.15, 0.2) is 0 Å². The highest BCUT2D eigenvalue weighted by Crippen LogP contribution is 2.17. The number of sulfonamides is 1. The average molecular weight is 327 g/mol. The zero-order valence-corrected chi connectivity index (χ0v) is 14.6. The molecule has 1 amide bonds. The lowest BCUT2D eigenvalue weighted by atomic mass is 10.2. The van der Waals surface area contributed by atoms with Crippen LogP contribution in [-0.2, 0) is 10.0 Å². The first-order valence-corrected chi connectivity index (χ1v) is 8.67. The number of rotatable bonds is 7. The van der Waals surface area contributed by atoms with E-state index in [1.807, 2.05) is 27.8 Å². The van der Waals surface area contributed by atoms with Gasteiger partial charge in [-0.25, -0.2) is 8.42 Å². The highest BCUT2D eigenvalue weighted by molar-refractivity contribution is 7.89. The fraction of sp³-hybridized carbons (Fsp3) is 0.533. The third kappa shape index (κ3) is 4.53. The topological polar surface area (TPSA) is 78.5 Å². The molecule has 1 unspecified atom stereocenters. The lowest BCUT2D eigenvalue weighted by molar-refractivity contribution is 0.0950. The summed E-state index contributed by atoms with van der Waals surface area (Å²) in [6.45, 7) is 6.08. The molecule has 0 aromatic heterocycles. The van der Waals surface area contributed by atoms with Gasteiger partial charge in [0, 0.05) is 31.2 Å². The number of nitrogens with one attached hydrogen (secondary N) is 2. The lowest BCUT2D eigenvalue weighted by Crippen LogP contribution is -2.37. The molecule has 0 heterocycles. The number of hydrogen-bond acceptors (Lipinski definition) is 4. The fourth-order valence-corrected chi connectivity index (χ4v) is 3.04. The van der Waals surface area contributed by atoms with E-state index in [2.05, 4.69) is 10.6 Å². The smallest absolute Gasteiger partial charge is 0.251 e. The van der Waals surface area contributed by atoms with E-state index >= 15 is 0 Å². The predicted octanol–water partition coefficient (Wildman–Crippen LogP) is 1.05. The second-order valence-electron chi connectivity index (χ2n) is 5.54. The molecule has 0 aliphatic rings. The van der Waals surface area contributed by atoms with E-state index < -0.39 is 10.0 Å². The summed E-state index contributed by atoms with van der Waals surface area (Å²) in [5, 5.41) is 5.81. The Morgan fingerprint density at radius 3 is 2.18 bits per heavy atom. The normalized spacial score (nSPS) is 13.4. The Morgan fingerprint density at radius 1 is 1.18 bits per heavy atom. The van der Waals surface area contributed by atoms with E-state index in [9.17, 15) is 13.2 Å². The molecule has 124 valence electrons. The molecule has 0 bridgehead atoms. The number of amides is 1. The Hall–Kier alpha value is -1.44. The van der Waals surface area contributed by atoms with Crippen LogP contribution in [0.5, 0.6) is 0 Å². The van der Waals surface area contributed by atoms with Gasteiger partial charge in [-0.2, -0.15) is 4.31 Å². The zero-order valence-electron chi connectivity index (χ0n) is 13.8. The van der Waals surface area contributed by atoms with Crippen LogP contribution < -0.4 is 10.6 Å². The van der Waals surface area contributed by atoms with Gasteiger partial charge in [0.2, 0.25) is 10.0 Å². The van der Waals surface area contributed by atoms with E-state index in [1.54, 1.807) is 7.05 Å². The molecule has 2 N–H and O–H groups in total. The Bertz CT molecular complexity index is 597. The van der Waals surface area contributed by atoms with E-state index in [-0.39, 0.29) is 22.9 Å². The molecule has 0 aliphatic heterocycles. The maximum atomic E-state index is 12.3. The van der Waals surface area contributed by atoms with Gasteiger partial charge in [-0.15, -0.1) is 0 Å². The van der Waals surface area contributed by atoms with Crippen LogP contribution in [0.15, 0.2) is 29.2 Å². The van der Waals surface area contributed by atoms with Gasteiger partial charge >= 0.3 is 0 Å². The quantitative estimate of drug-likeness (QED) is 0.785. The molecule has 0 fully saturated rings. The van der Waals surface area contributed by atoms with Crippen molar-refractivity contribution in [2.75, 3.05) is 20.6 Å². The third-order valence-corrected chi connectivity index (χ3v) is 5.63. The molecule has 0 saturated carbocycles. The highest BCUT2D eigenvalue weighted by atomic mass is 32.2. The summed E-state index contributed by atoms with van der Waals surface area (Å²) in [7, 11) is -0.156. The molecule has 1 aromatic carbocycles. The Kier molecular flexibility index (Phi) is 6.52. The van der Waals surface area contributed by atoms with Crippen molar-refractivity contribution in [1.29, 1.82) is 0 Å². The van der Waals surface area contributed by atoms with Crippen molar-refractivity contribution < 1.29 is 13.2 Å². The second kappa shape index (κ2) is 7.71. The van der Waals surface area contributed by atoms with Crippen molar-refractivity contribution in [3.05, 3.63) is 29.8 Å². The summed E-state index contributed by atoms with van der Waals surface area (Å²) in [6.07, 6.45) is 0. The van der Waals surface area contributed by atoms with Gasteiger partial charge in [0.25, 0.3) is 5.91 Å². The van der Waals surface area contributed by atoms with Crippen LogP contribution >= 0.6 is 0 Å². The van der Waals surface area contributed by atoms with E-state index in [0.717, 1.165) is 0 Å². The van der Waals surface area contributed by atoms with Crippen LogP contribution in [0.1, 0.15) is 31.1 Å². The van der Waals surface area contributed by atoms with Gasteiger partial charge < -0.3 is 10.6 Å². The first kappa shape index (κ1) is 18.6. The Balaban J connectivity index is 2.85. The number of benzene rings is 1. The number of carbonyl (C=O) groups excluding carboxylic acids is 1. The highest BCUT2D eigenvalue weighted by Gasteiger charge is 2.23. The summed E-state index contributed by atoms with van der Waals surface area (Å²) in [4.78, 5) is 12.2. The van der Waals surface area contributed by atoms with Gasteiger partial charge in [-0.3, -0.25) is 4.79 Å². The average Bonchev–Trinajstić information content (AvgIpc) is 2.51. The van der Waals surface area contributed by atoms with Gasteiger partial charge in [0.05, 0.1) is 4.90 Å². The van der Waals surface area contributed by atoms with Crippen molar-refractivity contribution in [2.24, 2.45) is 0 Å². The molecule has 1 aromatic rings. The Morgan fingerprint density at radius 2 is 1.73 bits per heavy atom. The largest absolute Gasteiger partial charge is 0.350 e. The monoisotopic (exact) mass is 327 g/mol. The molecule has 6 nitrogen and oxygen atoms in total. The molecular weight excluding hydrogens is 302 g/mol. The van der Waals surface area contributed by atoms with Gasteiger partial charge in [-0.1, -0.05) is 0 Å². The summed E-state index contributed by atoms with van der Waals surface area (Å²) >= 11 is 0. The Labute approximate surface area is 132 Å². The predicted molar refractivity (Wildman–Crippen MR) is 87.4 cm³/mol. The van der Waals surface area contributed by atoms with E-state index in [1.165, 1.54) is 28.6 Å². The summed E-state index contributed by atoms with van der Waals surface area (Å²) in [5.74, 6) is -0.219. The maximum Gasteiger partial charge on any atom is 0.251 e. The van der Waals surface area contributed by atoms with Gasteiger partial charge in [-0.05, 0) is 52.1 Å². The van der Waals surface area contributed by atoms with Crippen molar-refractivity contribution in [1.82, 2.24) is 14.9 Å². The van der Waals surface area contributed by atoms with Gasteiger partial charge in [0.1, 0.15) is 0 Å². The fourth-order valence-electron chi connectivity index (χ4n) is 1.67. The van der Waals surface area contributed by atoms with Crippen LogP contribution in [0.2, 0.25) is 0 Å². The molecule has 0 spiro atoms. The van der Waals surface area contributed by atoms with Crippen molar-refractivity contribution in [3.63, 3.8) is 0 Å². The molecule has 0 aliphatic carbocycles. The van der Waals surface area contributed by atoms with Crippen molar-refractivity contribution in [3.8, 4) is 0 Å². The lowest BCUT2D eigenvalue weighted by Gasteiger charge is -2.21. The summed E-state index contributed by atoms with van der Waals surface area (Å²) < 4.78 is 26.0. The van der Waals surface area contributed by atoms with E-state index in [4.69, 9.17) is 0 Å². The third-order valence-electron chi connectivity index (χ3n) is 3.58. The van der Waals surface area contributed by atoms with Crippen molar-refractivity contribution >= 4 is 15.9 Å². The molecule has 0 radical (unpaired) electrons. The molecule has 22 heavy (non-hydrogen) atoms. The van der Waals surface area contributed by atoms with Crippen LogP contribution in [0.25, 0.3) is 0 Å². The SMILES string of the molecule is CNC(C)CNC(=O)c1ccc(S(=O)(=O)N(C)C(C)C)cc1. The molecule has 7 heteroatoms. The van der Waals surface area contributed by atoms with Crippen molar-refractivity contribution in [2.45, 2.75) is 37.8 Å². The minimum atomic E-state index is -3.52. The van der Waals surface area contributed by atoms with Crippen LogP contribution in [-0.4, -0.2) is 51.4 Å². The minimum absolute atomic E-state index is 0.129. The zero-order chi connectivity index (χ0) is 16.9. The van der Waals surface area contributed by atoms with E-state index in [0.29, 0.717) is 12.1 Å². The molecule has 0 saturated heterocycles. The summed E-state index contributed by atoms with van der Waals surface area (Å²) in [6, 6.07) is 6.02. The first-order valence-electron chi connectivity index (χ1n) is 7.23. The van der Waals surface area contributed by atoms with Crippen LogP contribution in [0.3, 0.4) is 0 Å². The second-order valence-corrected chi connectivity index (χ2v) is 7.54. The number of nitrogens with zero attached hydrogens (tertiary/aromatic N) is 1. The van der Waals surface area contributed by atoms with Crippen LogP contribution in [0.4, 0.5) is 0 Å². The molecule has 1 atom stereocenters. The standard InChI is InChI=1S/C15H25N3O3S/c1-11(2)18(5)22(20,21)14-8-6-13(7-9-14)15(19)17-10-12(3)16-4/h6-9,11-12,16H,10H2,1-5H3,(H,17,19). The first-order chi connectivity index (χ1) is 10.2. The number of likely N-dealkylation sites (N-methyl/N-ethyl adjacent to an activating group) is 1. The molecular formula is C15H25N3O3S. The van der Waals surface area contributed by atoms with Crippen LogP contribution in [0, 0.1) is 0 Å². The maximum absolute atomic E-state index is 12.3. The summed E-state index contributed by atoms with van der Waals surface area (Å²) in [5.41, 5.74) is 0.439. The number of hydrogen-bond donors (Lipinski definition) is 2.